The molecule has 0 saturated heterocycles. The monoisotopic (exact) mass is 307 g/mol. The molecular formula is C14H17N3O5. The van der Waals surface area contributed by atoms with E-state index in [9.17, 15) is 19.7 Å². The van der Waals surface area contributed by atoms with Gasteiger partial charge < -0.3 is 15.0 Å². The van der Waals surface area contributed by atoms with E-state index in [0.29, 0.717) is 5.69 Å². The lowest BCUT2D eigenvalue weighted by molar-refractivity contribution is -0.384. The van der Waals surface area contributed by atoms with Crippen LogP contribution in [-0.4, -0.2) is 43.5 Å². The van der Waals surface area contributed by atoms with Gasteiger partial charge in [-0.15, -0.1) is 0 Å². The summed E-state index contributed by atoms with van der Waals surface area (Å²) in [6.07, 6.45) is 1.88. The van der Waals surface area contributed by atoms with Crippen molar-refractivity contribution in [3.05, 3.63) is 33.9 Å². The molecule has 0 spiro atoms. The molecule has 0 aliphatic heterocycles. The summed E-state index contributed by atoms with van der Waals surface area (Å²) >= 11 is 0. The average Bonchev–Trinajstić information content (AvgIpc) is 3.27. The SMILES string of the molecule is CN(C)c1ccc(C(=O)OCC(=O)NC2CC2)cc1[N+](=O)[O-]. The maximum Gasteiger partial charge on any atom is 0.338 e. The molecule has 8 heteroatoms. The van der Waals surface area contributed by atoms with E-state index in [1.54, 1.807) is 19.0 Å². The first-order valence-electron chi connectivity index (χ1n) is 6.80. The molecule has 2 rings (SSSR count). The molecule has 1 aliphatic carbocycles. The van der Waals surface area contributed by atoms with Crippen LogP contribution in [0, 0.1) is 10.1 Å². The number of benzene rings is 1. The van der Waals surface area contributed by atoms with Crippen molar-refractivity contribution in [2.24, 2.45) is 0 Å². The Bertz CT molecular complexity index is 610. The molecule has 1 saturated carbocycles. The quantitative estimate of drug-likeness (QED) is 0.479. The summed E-state index contributed by atoms with van der Waals surface area (Å²) in [5, 5.41) is 13.7. The molecule has 1 aromatic carbocycles. The minimum absolute atomic E-state index is 0.0384. The summed E-state index contributed by atoms with van der Waals surface area (Å²) in [5.74, 6) is -1.13. The summed E-state index contributed by atoms with van der Waals surface area (Å²) < 4.78 is 4.87. The molecule has 1 fully saturated rings. The van der Waals surface area contributed by atoms with E-state index < -0.39 is 17.5 Å². The topological polar surface area (TPSA) is 102 Å². The van der Waals surface area contributed by atoms with E-state index in [1.165, 1.54) is 12.1 Å². The fourth-order valence-electron chi connectivity index (χ4n) is 1.89. The maximum atomic E-state index is 11.9. The molecule has 0 aromatic heterocycles. The van der Waals surface area contributed by atoms with Crippen molar-refractivity contribution in [3.8, 4) is 0 Å². The number of amides is 1. The smallest absolute Gasteiger partial charge is 0.338 e. The van der Waals surface area contributed by atoms with Gasteiger partial charge in [0.15, 0.2) is 6.61 Å². The molecular weight excluding hydrogens is 290 g/mol. The molecule has 118 valence electrons. The number of nitrogens with one attached hydrogen (secondary N) is 1. The summed E-state index contributed by atoms with van der Waals surface area (Å²) in [6, 6.07) is 4.24. The zero-order valence-electron chi connectivity index (χ0n) is 12.4. The number of nitro benzene ring substituents is 1. The first-order valence-corrected chi connectivity index (χ1v) is 6.80. The van der Waals surface area contributed by atoms with Crippen molar-refractivity contribution < 1.29 is 19.2 Å². The molecule has 1 aromatic rings. The molecule has 0 unspecified atom stereocenters. The van der Waals surface area contributed by atoms with Gasteiger partial charge in [-0.25, -0.2) is 4.79 Å². The molecule has 0 atom stereocenters. The Kier molecular flexibility index (Phi) is 4.59. The molecule has 1 amide bonds. The van der Waals surface area contributed by atoms with Crippen LogP contribution in [0.1, 0.15) is 23.2 Å². The van der Waals surface area contributed by atoms with Crippen molar-refractivity contribution in [3.63, 3.8) is 0 Å². The van der Waals surface area contributed by atoms with Crippen molar-refractivity contribution >= 4 is 23.3 Å². The lowest BCUT2D eigenvalue weighted by atomic mass is 10.1. The van der Waals surface area contributed by atoms with E-state index in [-0.39, 0.29) is 23.2 Å². The zero-order valence-corrected chi connectivity index (χ0v) is 12.4. The first-order chi connectivity index (χ1) is 10.4. The predicted molar refractivity (Wildman–Crippen MR) is 78.9 cm³/mol. The number of hydrogen-bond acceptors (Lipinski definition) is 6. The van der Waals surface area contributed by atoms with Gasteiger partial charge in [0.05, 0.1) is 10.5 Å². The second kappa shape index (κ2) is 6.42. The van der Waals surface area contributed by atoms with Gasteiger partial charge in [0.2, 0.25) is 0 Å². The number of rotatable bonds is 6. The normalized spacial score (nSPS) is 13.4. The third-order valence-electron chi connectivity index (χ3n) is 3.17. The molecule has 0 heterocycles. The van der Waals surface area contributed by atoms with Gasteiger partial charge in [0, 0.05) is 26.2 Å². The number of carbonyl (C=O) groups is 2. The van der Waals surface area contributed by atoms with Crippen LogP contribution >= 0.6 is 0 Å². The lowest BCUT2D eigenvalue weighted by Crippen LogP contribution is -2.30. The molecule has 1 aliphatic rings. The van der Waals surface area contributed by atoms with Crippen LogP contribution < -0.4 is 10.2 Å². The number of ether oxygens (including phenoxy) is 1. The minimum Gasteiger partial charge on any atom is -0.452 e. The number of nitrogens with zero attached hydrogens (tertiary/aromatic N) is 2. The largest absolute Gasteiger partial charge is 0.452 e. The summed E-state index contributed by atoms with van der Waals surface area (Å²) in [7, 11) is 3.34. The predicted octanol–water partition coefficient (Wildman–Crippen LogP) is 1.10. The minimum atomic E-state index is -0.764. The number of hydrogen-bond donors (Lipinski definition) is 1. The number of anilines is 1. The highest BCUT2D eigenvalue weighted by Gasteiger charge is 2.24. The number of esters is 1. The van der Waals surface area contributed by atoms with E-state index >= 15 is 0 Å². The fraction of sp³-hybridized carbons (Fsp3) is 0.429. The Hall–Kier alpha value is -2.64. The zero-order chi connectivity index (χ0) is 16.3. The second-order valence-electron chi connectivity index (χ2n) is 5.27. The van der Waals surface area contributed by atoms with Crippen molar-refractivity contribution in [1.29, 1.82) is 0 Å². The third-order valence-corrected chi connectivity index (χ3v) is 3.17. The van der Waals surface area contributed by atoms with Crippen LogP contribution in [0.15, 0.2) is 18.2 Å². The molecule has 1 N–H and O–H groups in total. The van der Waals surface area contributed by atoms with Gasteiger partial charge in [0.25, 0.3) is 11.6 Å². The van der Waals surface area contributed by atoms with Crippen LogP contribution in [0.25, 0.3) is 0 Å². The highest BCUT2D eigenvalue weighted by molar-refractivity contribution is 5.93. The van der Waals surface area contributed by atoms with Crippen LogP contribution in [0.3, 0.4) is 0 Å². The van der Waals surface area contributed by atoms with Gasteiger partial charge >= 0.3 is 5.97 Å². The van der Waals surface area contributed by atoms with Crippen molar-refractivity contribution in [1.82, 2.24) is 5.32 Å². The second-order valence-corrected chi connectivity index (χ2v) is 5.27. The van der Waals surface area contributed by atoms with E-state index in [4.69, 9.17) is 4.74 Å². The van der Waals surface area contributed by atoms with Crippen LogP contribution in [-0.2, 0) is 9.53 Å². The summed E-state index contributed by atoms with van der Waals surface area (Å²) in [6.45, 7) is -0.390. The first kappa shape index (κ1) is 15.7. The summed E-state index contributed by atoms with van der Waals surface area (Å²) in [5.41, 5.74) is 0.228. The number of carbonyl (C=O) groups excluding carboxylic acids is 2. The third kappa shape index (κ3) is 3.94. The van der Waals surface area contributed by atoms with Crippen LogP contribution in [0.2, 0.25) is 0 Å². The number of nitro groups is 1. The Morgan fingerprint density at radius 2 is 2.09 bits per heavy atom. The van der Waals surface area contributed by atoms with Crippen molar-refractivity contribution in [2.75, 3.05) is 25.6 Å². The molecule has 22 heavy (non-hydrogen) atoms. The Morgan fingerprint density at radius 3 is 2.64 bits per heavy atom. The van der Waals surface area contributed by atoms with Gasteiger partial charge in [-0.2, -0.15) is 0 Å². The Labute approximate surface area is 127 Å². The maximum absolute atomic E-state index is 11.9. The molecule has 8 nitrogen and oxygen atoms in total. The van der Waals surface area contributed by atoms with E-state index in [2.05, 4.69) is 5.32 Å². The Morgan fingerprint density at radius 1 is 1.41 bits per heavy atom. The highest BCUT2D eigenvalue weighted by atomic mass is 16.6. The molecule has 0 radical (unpaired) electrons. The van der Waals surface area contributed by atoms with E-state index in [0.717, 1.165) is 18.9 Å². The van der Waals surface area contributed by atoms with Crippen molar-refractivity contribution in [2.45, 2.75) is 18.9 Å². The van der Waals surface area contributed by atoms with E-state index in [1.807, 2.05) is 0 Å². The fourth-order valence-corrected chi connectivity index (χ4v) is 1.89. The van der Waals surface area contributed by atoms with Gasteiger partial charge in [-0.1, -0.05) is 0 Å². The van der Waals surface area contributed by atoms with Gasteiger partial charge in [-0.3, -0.25) is 14.9 Å². The van der Waals surface area contributed by atoms with Gasteiger partial charge in [0.1, 0.15) is 5.69 Å². The molecule has 0 bridgehead atoms. The summed E-state index contributed by atoms with van der Waals surface area (Å²) in [4.78, 5) is 35.4. The lowest BCUT2D eigenvalue weighted by Gasteiger charge is -2.13. The van der Waals surface area contributed by atoms with Crippen LogP contribution in [0.4, 0.5) is 11.4 Å². The average molecular weight is 307 g/mol. The van der Waals surface area contributed by atoms with Crippen LogP contribution in [0.5, 0.6) is 0 Å². The standard InChI is InChI=1S/C14H17N3O5/c1-16(2)11-6-3-9(7-12(11)17(20)21)14(19)22-8-13(18)15-10-4-5-10/h3,6-7,10H,4-5,8H2,1-2H3,(H,15,18). The van der Waals surface area contributed by atoms with Gasteiger partial charge in [-0.05, 0) is 25.0 Å². The Balaban J connectivity index is 2.04. The highest BCUT2D eigenvalue weighted by Crippen LogP contribution is 2.27.